The molecule has 1 N–H and O–H groups in total. The van der Waals surface area contributed by atoms with Crippen LogP contribution in [-0.2, 0) is 14.3 Å². The lowest BCUT2D eigenvalue weighted by Gasteiger charge is -2.00. The number of ether oxygens (including phenoxy) is 1. The predicted octanol–water partition coefficient (Wildman–Crippen LogP) is 2.34. The molecule has 0 aliphatic rings. The number of unbranched alkanes of at least 4 members (excludes halogenated alkanes) is 1. The van der Waals surface area contributed by atoms with Crippen LogP contribution in [0.15, 0.2) is 12.3 Å². The largest absolute Gasteiger partial charge is 0.481 e. The Bertz CT molecular complexity index is 231. The predicted molar refractivity (Wildman–Crippen MR) is 56.2 cm³/mol. The van der Waals surface area contributed by atoms with Crippen molar-refractivity contribution in [3.63, 3.8) is 0 Å². The van der Waals surface area contributed by atoms with Crippen LogP contribution in [0.5, 0.6) is 0 Å². The van der Waals surface area contributed by atoms with Crippen molar-refractivity contribution in [3.8, 4) is 0 Å². The van der Waals surface area contributed by atoms with Gasteiger partial charge in [0.05, 0.1) is 6.26 Å². The lowest BCUT2D eigenvalue weighted by atomic mass is 10.1. The minimum Gasteiger partial charge on any atom is -0.481 e. The van der Waals surface area contributed by atoms with Gasteiger partial charge in [-0.1, -0.05) is 20.3 Å². The molecule has 15 heavy (non-hydrogen) atoms. The highest BCUT2D eigenvalue weighted by Crippen LogP contribution is 2.06. The third kappa shape index (κ3) is 10.6. The molecule has 0 unspecified atom stereocenters. The summed E-state index contributed by atoms with van der Waals surface area (Å²) >= 11 is 0. The smallest absolute Gasteiger partial charge is 0.321 e. The first-order valence-corrected chi connectivity index (χ1v) is 5.08. The molecule has 0 aliphatic carbocycles. The number of hydrogen-bond acceptors (Lipinski definition) is 3. The van der Waals surface area contributed by atoms with Crippen molar-refractivity contribution in [1.29, 1.82) is 0 Å². The first kappa shape index (κ1) is 13.7. The summed E-state index contributed by atoms with van der Waals surface area (Å²) in [6, 6.07) is 0. The van der Waals surface area contributed by atoms with Crippen molar-refractivity contribution in [1.82, 2.24) is 0 Å². The molecular formula is C11H18O4. The summed E-state index contributed by atoms with van der Waals surface area (Å²) in [6.07, 6.45) is 5.45. The highest BCUT2D eigenvalue weighted by atomic mass is 16.5. The van der Waals surface area contributed by atoms with Gasteiger partial charge in [-0.25, -0.2) is 0 Å². The molecule has 0 aliphatic heterocycles. The average Bonchev–Trinajstić information content (AvgIpc) is 2.09. The molecule has 0 fully saturated rings. The number of carbonyl (C=O) groups excluding carboxylic acids is 1. The van der Waals surface area contributed by atoms with E-state index in [0.29, 0.717) is 5.92 Å². The molecule has 0 spiro atoms. The zero-order chi connectivity index (χ0) is 11.7. The van der Waals surface area contributed by atoms with E-state index in [-0.39, 0.29) is 0 Å². The minimum atomic E-state index is -1.17. The van der Waals surface area contributed by atoms with E-state index in [1.807, 2.05) is 0 Å². The third-order valence-corrected chi connectivity index (χ3v) is 1.74. The molecule has 0 aromatic heterocycles. The number of allylic oxidation sites excluding steroid dienone is 1. The summed E-state index contributed by atoms with van der Waals surface area (Å²) in [5, 5.41) is 8.26. The summed E-state index contributed by atoms with van der Waals surface area (Å²) in [5.74, 6) is -1.23. The van der Waals surface area contributed by atoms with Crippen LogP contribution in [0.25, 0.3) is 0 Å². The Hall–Kier alpha value is -1.32. The van der Waals surface area contributed by atoms with E-state index in [2.05, 4.69) is 18.6 Å². The van der Waals surface area contributed by atoms with Crippen molar-refractivity contribution < 1.29 is 19.4 Å². The van der Waals surface area contributed by atoms with Gasteiger partial charge < -0.3 is 9.84 Å². The molecule has 0 aromatic rings. The van der Waals surface area contributed by atoms with Crippen LogP contribution < -0.4 is 0 Å². The molecule has 0 radical (unpaired) electrons. The maximum atomic E-state index is 10.7. The van der Waals surface area contributed by atoms with E-state index in [4.69, 9.17) is 5.11 Å². The van der Waals surface area contributed by atoms with Crippen molar-refractivity contribution >= 4 is 11.9 Å². The molecule has 0 saturated heterocycles. The van der Waals surface area contributed by atoms with Crippen molar-refractivity contribution in [2.75, 3.05) is 0 Å². The lowest BCUT2D eigenvalue weighted by Crippen LogP contribution is -2.07. The Labute approximate surface area is 89.9 Å². The fourth-order valence-corrected chi connectivity index (χ4v) is 1.00. The summed E-state index contributed by atoms with van der Waals surface area (Å²) in [6.45, 7) is 4.30. The van der Waals surface area contributed by atoms with Gasteiger partial charge in [0.25, 0.3) is 0 Å². The highest BCUT2D eigenvalue weighted by Gasteiger charge is 2.06. The molecule has 0 amide bonds. The van der Waals surface area contributed by atoms with Crippen LogP contribution in [0, 0.1) is 5.92 Å². The quantitative estimate of drug-likeness (QED) is 0.306. The third-order valence-electron chi connectivity index (χ3n) is 1.74. The van der Waals surface area contributed by atoms with E-state index in [1.54, 1.807) is 6.08 Å². The number of hydrogen-bond donors (Lipinski definition) is 1. The summed E-state index contributed by atoms with van der Waals surface area (Å²) in [7, 11) is 0. The Morgan fingerprint density at radius 3 is 2.60 bits per heavy atom. The van der Waals surface area contributed by atoms with Crippen LogP contribution in [0.3, 0.4) is 0 Å². The van der Waals surface area contributed by atoms with Gasteiger partial charge in [0, 0.05) is 0 Å². The number of rotatable bonds is 7. The number of carboxylic acid groups (broad SMARTS) is 1. The fraction of sp³-hybridized carbons (Fsp3) is 0.636. The van der Waals surface area contributed by atoms with E-state index < -0.39 is 18.4 Å². The molecular weight excluding hydrogens is 196 g/mol. The van der Waals surface area contributed by atoms with Crippen molar-refractivity contribution in [2.24, 2.45) is 5.92 Å². The van der Waals surface area contributed by atoms with Gasteiger partial charge in [0.2, 0.25) is 0 Å². The van der Waals surface area contributed by atoms with Crippen LogP contribution >= 0.6 is 0 Å². The first-order valence-electron chi connectivity index (χ1n) is 5.08. The summed E-state index contributed by atoms with van der Waals surface area (Å²) in [4.78, 5) is 20.8. The molecule has 86 valence electrons. The standard InChI is InChI=1S/C11H18O4/c1-9(2)6-4-3-5-7-15-11(14)8-10(12)13/h5,7,9H,3-4,6,8H2,1-2H3,(H,12,13). The molecule has 0 rings (SSSR count). The molecule has 0 bridgehead atoms. The molecule has 0 saturated carbocycles. The zero-order valence-electron chi connectivity index (χ0n) is 9.23. The van der Waals surface area contributed by atoms with E-state index in [1.165, 1.54) is 6.26 Å². The molecule has 0 aromatic carbocycles. The van der Waals surface area contributed by atoms with Crippen LogP contribution in [0.1, 0.15) is 39.5 Å². The Balaban J connectivity index is 3.45. The maximum absolute atomic E-state index is 10.7. The second-order valence-electron chi connectivity index (χ2n) is 3.76. The zero-order valence-corrected chi connectivity index (χ0v) is 9.23. The summed E-state index contributed by atoms with van der Waals surface area (Å²) < 4.78 is 4.56. The maximum Gasteiger partial charge on any atom is 0.321 e. The Morgan fingerprint density at radius 1 is 1.40 bits per heavy atom. The van der Waals surface area contributed by atoms with Gasteiger partial charge >= 0.3 is 11.9 Å². The molecule has 4 nitrogen and oxygen atoms in total. The van der Waals surface area contributed by atoms with Crippen LogP contribution in [0.2, 0.25) is 0 Å². The van der Waals surface area contributed by atoms with Gasteiger partial charge in [-0.3, -0.25) is 9.59 Å². The topological polar surface area (TPSA) is 63.6 Å². The molecule has 0 atom stereocenters. The van der Waals surface area contributed by atoms with Gasteiger partial charge in [0.15, 0.2) is 0 Å². The van der Waals surface area contributed by atoms with Crippen molar-refractivity contribution in [3.05, 3.63) is 12.3 Å². The Kier molecular flexibility index (Phi) is 7.32. The van der Waals surface area contributed by atoms with E-state index in [0.717, 1.165) is 19.3 Å². The second kappa shape index (κ2) is 8.03. The first-order chi connectivity index (χ1) is 7.02. The van der Waals surface area contributed by atoms with Crippen molar-refractivity contribution in [2.45, 2.75) is 39.5 Å². The Morgan fingerprint density at radius 2 is 2.07 bits per heavy atom. The minimum absolute atomic E-state index is 0.587. The van der Waals surface area contributed by atoms with Gasteiger partial charge in [-0.15, -0.1) is 0 Å². The number of aliphatic carboxylic acids is 1. The highest BCUT2D eigenvalue weighted by molar-refractivity contribution is 5.90. The normalized spacial score (nSPS) is 10.9. The SMILES string of the molecule is CC(C)CCCC=COC(=O)CC(=O)O. The van der Waals surface area contributed by atoms with Crippen LogP contribution in [0.4, 0.5) is 0 Å². The second-order valence-corrected chi connectivity index (χ2v) is 3.76. The van der Waals surface area contributed by atoms with Crippen LogP contribution in [-0.4, -0.2) is 17.0 Å². The molecule has 4 heteroatoms. The monoisotopic (exact) mass is 214 g/mol. The van der Waals surface area contributed by atoms with E-state index >= 15 is 0 Å². The van der Waals surface area contributed by atoms with Gasteiger partial charge in [-0.05, 0) is 24.8 Å². The van der Waals surface area contributed by atoms with E-state index in [9.17, 15) is 9.59 Å². The molecule has 0 heterocycles. The number of carboxylic acids is 1. The number of esters is 1. The lowest BCUT2D eigenvalue weighted by molar-refractivity contribution is -0.147. The fourth-order valence-electron chi connectivity index (χ4n) is 1.00. The average molecular weight is 214 g/mol. The van der Waals surface area contributed by atoms with Gasteiger partial charge in [-0.2, -0.15) is 0 Å². The number of carbonyl (C=O) groups is 2. The summed E-state index contributed by atoms with van der Waals surface area (Å²) in [5.41, 5.74) is 0. The van der Waals surface area contributed by atoms with Gasteiger partial charge in [0.1, 0.15) is 6.42 Å².